The van der Waals surface area contributed by atoms with Gasteiger partial charge in [0, 0.05) is 10.3 Å². The van der Waals surface area contributed by atoms with Crippen LogP contribution in [0.1, 0.15) is 5.69 Å². The molecule has 0 atom stereocenters. The molecule has 0 saturated carbocycles. The summed E-state index contributed by atoms with van der Waals surface area (Å²) in [6, 6.07) is 8.31. The van der Waals surface area contributed by atoms with E-state index in [1.54, 1.807) is 12.1 Å². The normalized spacial score (nSPS) is 11.0. The van der Waals surface area contributed by atoms with Crippen LogP contribution in [-0.4, -0.2) is 26.6 Å². The minimum Gasteiger partial charge on any atom is -0.301 e. The number of hydrogen-bond acceptors (Lipinski definition) is 7. The Balaban J connectivity index is 1.51. The van der Waals surface area contributed by atoms with E-state index < -0.39 is 0 Å². The Bertz CT molecular complexity index is 1110. The van der Waals surface area contributed by atoms with Crippen molar-refractivity contribution in [1.29, 1.82) is 0 Å². The molecule has 3 heterocycles. The van der Waals surface area contributed by atoms with Crippen LogP contribution in [-0.2, 0) is 4.79 Å². The maximum atomic E-state index is 13.1. The molecule has 4 rings (SSSR count). The summed E-state index contributed by atoms with van der Waals surface area (Å²) in [6.45, 7) is 1.88. The predicted octanol–water partition coefficient (Wildman–Crippen LogP) is 4.99. The molecule has 0 aliphatic carbocycles. The maximum Gasteiger partial charge on any atom is 0.236 e. The van der Waals surface area contributed by atoms with Gasteiger partial charge < -0.3 is 5.32 Å². The van der Waals surface area contributed by atoms with Gasteiger partial charge in [-0.3, -0.25) is 4.79 Å². The van der Waals surface area contributed by atoms with Crippen molar-refractivity contribution in [3.8, 4) is 10.4 Å². The van der Waals surface area contributed by atoms with Crippen LogP contribution in [0.15, 0.2) is 47.1 Å². The van der Waals surface area contributed by atoms with Crippen LogP contribution in [0.25, 0.3) is 20.7 Å². The molecule has 0 fully saturated rings. The Morgan fingerprint density at radius 3 is 2.81 bits per heavy atom. The van der Waals surface area contributed by atoms with E-state index >= 15 is 0 Å². The van der Waals surface area contributed by atoms with Crippen molar-refractivity contribution in [3.05, 3.63) is 53.6 Å². The van der Waals surface area contributed by atoms with Gasteiger partial charge in [0.1, 0.15) is 17.2 Å². The average molecular weight is 417 g/mol. The number of benzene rings is 1. The molecule has 0 aliphatic rings. The van der Waals surface area contributed by atoms with E-state index in [0.717, 1.165) is 31.4 Å². The van der Waals surface area contributed by atoms with Crippen molar-refractivity contribution in [2.75, 3.05) is 11.1 Å². The van der Waals surface area contributed by atoms with Gasteiger partial charge in [0.2, 0.25) is 5.91 Å². The molecule has 0 spiro atoms. The van der Waals surface area contributed by atoms with Crippen LogP contribution in [0.3, 0.4) is 0 Å². The number of nitrogens with one attached hydrogen (secondary N) is 1. The molecule has 136 valence electrons. The summed E-state index contributed by atoms with van der Waals surface area (Å²) >= 11 is 4.29. The van der Waals surface area contributed by atoms with Crippen LogP contribution in [0.2, 0.25) is 0 Å². The highest BCUT2D eigenvalue weighted by atomic mass is 32.2. The van der Waals surface area contributed by atoms with Crippen LogP contribution >= 0.6 is 34.4 Å². The molecule has 1 N–H and O–H groups in total. The lowest BCUT2D eigenvalue weighted by Gasteiger charge is -2.02. The summed E-state index contributed by atoms with van der Waals surface area (Å²) < 4.78 is 14.1. The number of aryl methyl sites for hydroxylation is 1. The highest BCUT2D eigenvalue weighted by Gasteiger charge is 2.13. The summed E-state index contributed by atoms with van der Waals surface area (Å²) in [7, 11) is 0. The number of anilines is 1. The van der Waals surface area contributed by atoms with E-state index in [-0.39, 0.29) is 17.5 Å². The van der Waals surface area contributed by atoms with Gasteiger partial charge in [-0.25, -0.2) is 19.3 Å². The second-order valence-electron chi connectivity index (χ2n) is 5.64. The van der Waals surface area contributed by atoms with Gasteiger partial charge in [-0.1, -0.05) is 23.9 Å². The van der Waals surface area contributed by atoms with E-state index in [2.05, 4.69) is 20.3 Å². The zero-order chi connectivity index (χ0) is 18.8. The van der Waals surface area contributed by atoms with E-state index in [1.165, 1.54) is 52.9 Å². The Morgan fingerprint density at radius 1 is 1.26 bits per heavy atom. The average Bonchev–Trinajstić information content (AvgIpc) is 3.27. The van der Waals surface area contributed by atoms with Gasteiger partial charge >= 0.3 is 0 Å². The van der Waals surface area contributed by atoms with Gasteiger partial charge in [0.05, 0.1) is 21.7 Å². The van der Waals surface area contributed by atoms with E-state index in [1.807, 2.05) is 18.4 Å². The Hall–Kier alpha value is -2.36. The molecule has 1 amide bonds. The fourth-order valence-electron chi connectivity index (χ4n) is 2.39. The summed E-state index contributed by atoms with van der Waals surface area (Å²) in [5.41, 5.74) is 2.62. The van der Waals surface area contributed by atoms with Crippen LogP contribution in [0.4, 0.5) is 9.52 Å². The molecular weight excluding hydrogens is 403 g/mol. The molecular formula is C18H13FN4OS3. The number of carbonyl (C=O) groups is 1. The maximum absolute atomic E-state index is 13.1. The molecule has 0 unspecified atom stereocenters. The molecule has 27 heavy (non-hydrogen) atoms. The van der Waals surface area contributed by atoms with Crippen molar-refractivity contribution in [2.24, 2.45) is 0 Å². The number of halogens is 1. The largest absolute Gasteiger partial charge is 0.301 e. The lowest BCUT2D eigenvalue weighted by molar-refractivity contribution is -0.113. The van der Waals surface area contributed by atoms with E-state index in [4.69, 9.17) is 0 Å². The van der Waals surface area contributed by atoms with Gasteiger partial charge in [-0.2, -0.15) is 0 Å². The zero-order valence-corrected chi connectivity index (χ0v) is 16.6. The first kappa shape index (κ1) is 18.0. The number of thioether (sulfide) groups is 1. The van der Waals surface area contributed by atoms with Gasteiger partial charge in [0.25, 0.3) is 0 Å². The number of rotatable bonds is 5. The van der Waals surface area contributed by atoms with Crippen molar-refractivity contribution in [2.45, 2.75) is 11.9 Å². The fourth-order valence-corrected chi connectivity index (χ4v) is 5.10. The molecule has 0 aliphatic heterocycles. The number of fused-ring (bicyclic) bond motifs is 1. The monoisotopic (exact) mass is 416 g/mol. The first-order valence-corrected chi connectivity index (χ1v) is 10.6. The second kappa shape index (κ2) is 7.71. The van der Waals surface area contributed by atoms with Crippen LogP contribution in [0.5, 0.6) is 0 Å². The Labute approximate surface area is 166 Å². The van der Waals surface area contributed by atoms with Crippen molar-refractivity contribution in [1.82, 2.24) is 15.0 Å². The summed E-state index contributed by atoms with van der Waals surface area (Å²) in [5.74, 6) is -0.164. The molecule has 3 aromatic heterocycles. The molecule has 9 heteroatoms. The fraction of sp³-hybridized carbons (Fsp3) is 0.111. The third kappa shape index (κ3) is 4.15. The lowest BCUT2D eigenvalue weighted by atomic mass is 10.2. The quantitative estimate of drug-likeness (QED) is 0.367. The molecule has 0 saturated heterocycles. The number of thiophene rings is 1. The predicted molar refractivity (Wildman–Crippen MR) is 109 cm³/mol. The third-order valence-corrected chi connectivity index (χ3v) is 6.79. The zero-order valence-electron chi connectivity index (χ0n) is 14.1. The molecule has 0 radical (unpaired) electrons. The van der Waals surface area contributed by atoms with E-state index in [0.29, 0.717) is 5.13 Å². The summed E-state index contributed by atoms with van der Waals surface area (Å²) in [6.07, 6.45) is 1.49. The minimum absolute atomic E-state index is 0.128. The van der Waals surface area contributed by atoms with Gasteiger partial charge in [-0.15, -0.1) is 22.7 Å². The number of nitrogens with zero attached hydrogens (tertiary/aromatic N) is 3. The van der Waals surface area contributed by atoms with Crippen molar-refractivity contribution < 1.29 is 9.18 Å². The first-order valence-electron chi connectivity index (χ1n) is 7.94. The standard InChI is InChI=1S/C18H13FN4OS3/c1-10-7-26-18(22-10)23-15(24)8-25-17-16-13(20-9-21-17)6-14(27-16)11-2-4-12(19)5-3-11/h2-7,9H,8H2,1H3,(H,22,23,24). The number of carbonyl (C=O) groups excluding carboxylic acids is 1. The summed E-state index contributed by atoms with van der Waals surface area (Å²) in [5, 5.41) is 6.03. The molecule has 0 bridgehead atoms. The van der Waals surface area contributed by atoms with Crippen LogP contribution < -0.4 is 5.32 Å². The highest BCUT2D eigenvalue weighted by molar-refractivity contribution is 8.00. The Kier molecular flexibility index (Phi) is 5.15. The number of aromatic nitrogens is 3. The van der Waals surface area contributed by atoms with Gasteiger partial charge in [0.15, 0.2) is 5.13 Å². The van der Waals surface area contributed by atoms with Crippen LogP contribution in [0, 0.1) is 12.7 Å². The topological polar surface area (TPSA) is 67.8 Å². The molecule has 1 aromatic carbocycles. The number of hydrogen-bond donors (Lipinski definition) is 1. The van der Waals surface area contributed by atoms with Gasteiger partial charge in [-0.05, 0) is 30.7 Å². The molecule has 4 aromatic rings. The highest BCUT2D eigenvalue weighted by Crippen LogP contribution is 2.36. The second-order valence-corrected chi connectivity index (χ2v) is 8.52. The Morgan fingerprint density at radius 2 is 2.07 bits per heavy atom. The van der Waals surface area contributed by atoms with Crippen molar-refractivity contribution >= 4 is 55.7 Å². The third-order valence-electron chi connectivity index (χ3n) is 3.61. The SMILES string of the molecule is Cc1csc(NC(=O)CSc2ncnc3cc(-c4ccc(F)cc4)sc23)n1. The lowest BCUT2D eigenvalue weighted by Crippen LogP contribution is -2.13. The summed E-state index contributed by atoms with van der Waals surface area (Å²) in [4.78, 5) is 26.0. The minimum atomic E-state index is -0.266. The molecule has 5 nitrogen and oxygen atoms in total. The smallest absolute Gasteiger partial charge is 0.236 e. The van der Waals surface area contributed by atoms with E-state index in [9.17, 15) is 9.18 Å². The number of thiazole rings is 1. The van der Waals surface area contributed by atoms with Crippen molar-refractivity contribution in [3.63, 3.8) is 0 Å². The first-order chi connectivity index (χ1) is 13.1. The number of amides is 1.